The van der Waals surface area contributed by atoms with Crippen molar-refractivity contribution in [2.75, 3.05) is 6.61 Å². The third-order valence-corrected chi connectivity index (χ3v) is 3.14. The lowest BCUT2D eigenvalue weighted by Crippen LogP contribution is -2.43. The minimum Gasteiger partial charge on any atom is -0.490 e. The number of rotatable bonds is 8. The SMILES string of the molecule is C=CCOc1ccc(C(CC)[C@H](NC(C)=O)C(=O)O)cc1. The van der Waals surface area contributed by atoms with Crippen LogP contribution in [0, 0.1) is 0 Å². The van der Waals surface area contributed by atoms with Crippen LogP contribution >= 0.6 is 0 Å². The molecule has 1 aromatic rings. The molecule has 0 saturated carbocycles. The third-order valence-electron chi connectivity index (χ3n) is 3.14. The molecule has 1 aromatic carbocycles. The Balaban J connectivity index is 2.93. The molecule has 21 heavy (non-hydrogen) atoms. The highest BCUT2D eigenvalue weighted by molar-refractivity contribution is 5.83. The minimum atomic E-state index is -1.04. The average molecular weight is 291 g/mol. The van der Waals surface area contributed by atoms with E-state index in [4.69, 9.17) is 4.74 Å². The summed E-state index contributed by atoms with van der Waals surface area (Å²) in [5.74, 6) is -0.990. The Morgan fingerprint density at radius 1 is 1.38 bits per heavy atom. The Kier molecular flexibility index (Phi) is 6.46. The molecular weight excluding hydrogens is 270 g/mol. The molecule has 0 radical (unpaired) electrons. The Hall–Kier alpha value is -2.30. The van der Waals surface area contributed by atoms with Crippen molar-refractivity contribution in [1.29, 1.82) is 0 Å². The molecule has 0 saturated heterocycles. The van der Waals surface area contributed by atoms with Crippen LogP contribution in [0.3, 0.4) is 0 Å². The normalized spacial score (nSPS) is 13.0. The van der Waals surface area contributed by atoms with Crippen LogP contribution in [0.4, 0.5) is 0 Å². The highest BCUT2D eigenvalue weighted by atomic mass is 16.5. The molecule has 1 amide bonds. The first-order chi connectivity index (χ1) is 9.99. The predicted octanol–water partition coefficient (Wildman–Crippen LogP) is 2.33. The highest BCUT2D eigenvalue weighted by Crippen LogP contribution is 2.26. The van der Waals surface area contributed by atoms with E-state index in [9.17, 15) is 14.7 Å². The molecule has 0 aliphatic heterocycles. The van der Waals surface area contributed by atoms with Crippen LogP contribution in [0.25, 0.3) is 0 Å². The van der Waals surface area contributed by atoms with Crippen LogP contribution in [0.1, 0.15) is 31.7 Å². The second kappa shape index (κ2) is 8.09. The maximum atomic E-state index is 11.4. The highest BCUT2D eigenvalue weighted by Gasteiger charge is 2.28. The number of aliphatic carboxylic acids is 1. The summed E-state index contributed by atoms with van der Waals surface area (Å²) in [5, 5.41) is 11.8. The largest absolute Gasteiger partial charge is 0.490 e. The van der Waals surface area contributed by atoms with E-state index in [1.165, 1.54) is 6.92 Å². The van der Waals surface area contributed by atoms with Crippen molar-refractivity contribution >= 4 is 11.9 Å². The van der Waals surface area contributed by atoms with Gasteiger partial charge < -0.3 is 15.2 Å². The molecule has 0 heterocycles. The summed E-state index contributed by atoms with van der Waals surface area (Å²) in [5.41, 5.74) is 0.851. The molecule has 0 spiro atoms. The second-order valence-corrected chi connectivity index (χ2v) is 4.70. The third kappa shape index (κ3) is 4.95. The summed E-state index contributed by atoms with van der Waals surface area (Å²) in [6, 6.07) is 6.28. The van der Waals surface area contributed by atoms with Gasteiger partial charge in [-0.15, -0.1) is 0 Å². The molecule has 2 N–H and O–H groups in total. The van der Waals surface area contributed by atoms with Gasteiger partial charge in [-0.25, -0.2) is 4.79 Å². The van der Waals surface area contributed by atoms with Gasteiger partial charge in [0.25, 0.3) is 0 Å². The fourth-order valence-corrected chi connectivity index (χ4v) is 2.18. The van der Waals surface area contributed by atoms with Crippen LogP contribution in [0.2, 0.25) is 0 Å². The van der Waals surface area contributed by atoms with Gasteiger partial charge in [-0.05, 0) is 24.1 Å². The summed E-state index contributed by atoms with van der Waals surface area (Å²) in [4.78, 5) is 22.5. The number of carboxylic acid groups (broad SMARTS) is 1. The van der Waals surface area contributed by atoms with E-state index in [-0.39, 0.29) is 11.8 Å². The molecule has 5 heteroatoms. The number of hydrogen-bond acceptors (Lipinski definition) is 3. The van der Waals surface area contributed by atoms with Crippen molar-refractivity contribution in [1.82, 2.24) is 5.32 Å². The van der Waals surface area contributed by atoms with E-state index in [1.807, 2.05) is 19.1 Å². The van der Waals surface area contributed by atoms with Gasteiger partial charge in [0.15, 0.2) is 0 Å². The summed E-state index contributed by atoms with van der Waals surface area (Å²) in [6.07, 6.45) is 2.25. The lowest BCUT2D eigenvalue weighted by molar-refractivity contribution is -0.142. The van der Waals surface area contributed by atoms with Crippen molar-refractivity contribution < 1.29 is 19.4 Å². The number of benzene rings is 1. The van der Waals surface area contributed by atoms with Crippen LogP contribution in [0.5, 0.6) is 5.75 Å². The van der Waals surface area contributed by atoms with Gasteiger partial charge in [-0.3, -0.25) is 4.79 Å². The first-order valence-corrected chi connectivity index (χ1v) is 6.83. The number of hydrogen-bond donors (Lipinski definition) is 2. The lowest BCUT2D eigenvalue weighted by Gasteiger charge is -2.24. The number of carbonyl (C=O) groups is 2. The van der Waals surface area contributed by atoms with Crippen molar-refractivity contribution in [3.05, 3.63) is 42.5 Å². The minimum absolute atomic E-state index is 0.292. The molecule has 0 aliphatic carbocycles. The average Bonchev–Trinajstić information content (AvgIpc) is 2.45. The first-order valence-electron chi connectivity index (χ1n) is 6.83. The predicted molar refractivity (Wildman–Crippen MR) is 80.4 cm³/mol. The second-order valence-electron chi connectivity index (χ2n) is 4.70. The molecule has 0 bridgehead atoms. The van der Waals surface area contributed by atoms with Gasteiger partial charge >= 0.3 is 5.97 Å². The van der Waals surface area contributed by atoms with Gasteiger partial charge in [-0.2, -0.15) is 0 Å². The topological polar surface area (TPSA) is 75.6 Å². The van der Waals surface area contributed by atoms with E-state index in [0.717, 1.165) is 5.56 Å². The molecule has 1 unspecified atom stereocenters. The monoisotopic (exact) mass is 291 g/mol. The van der Waals surface area contributed by atoms with E-state index in [2.05, 4.69) is 11.9 Å². The van der Waals surface area contributed by atoms with Crippen LogP contribution in [0.15, 0.2) is 36.9 Å². The number of carboxylic acids is 1. The Morgan fingerprint density at radius 3 is 2.43 bits per heavy atom. The smallest absolute Gasteiger partial charge is 0.326 e. The Morgan fingerprint density at radius 2 is 2.00 bits per heavy atom. The van der Waals surface area contributed by atoms with Crippen molar-refractivity contribution in [3.8, 4) is 5.75 Å². The maximum absolute atomic E-state index is 11.4. The van der Waals surface area contributed by atoms with E-state index >= 15 is 0 Å². The zero-order valence-electron chi connectivity index (χ0n) is 12.3. The fraction of sp³-hybridized carbons (Fsp3) is 0.375. The number of amides is 1. The maximum Gasteiger partial charge on any atom is 0.326 e. The molecule has 0 aromatic heterocycles. The Labute approximate surface area is 124 Å². The van der Waals surface area contributed by atoms with Gasteiger partial charge in [0.05, 0.1) is 0 Å². The van der Waals surface area contributed by atoms with Crippen molar-refractivity contribution in [3.63, 3.8) is 0 Å². The molecule has 2 atom stereocenters. The quantitative estimate of drug-likeness (QED) is 0.721. The van der Waals surface area contributed by atoms with Gasteiger partial charge in [0, 0.05) is 12.8 Å². The molecule has 1 rings (SSSR count). The van der Waals surface area contributed by atoms with Crippen molar-refractivity contribution in [2.24, 2.45) is 0 Å². The standard InChI is InChI=1S/C16H21NO4/c1-4-10-21-13-8-6-12(7-9-13)14(5-2)15(16(19)20)17-11(3)18/h4,6-9,14-15H,1,5,10H2,2-3H3,(H,17,18)(H,19,20)/t14?,15-/m0/s1. The zero-order chi connectivity index (χ0) is 15.8. The molecular formula is C16H21NO4. The van der Waals surface area contributed by atoms with Crippen LogP contribution in [-0.2, 0) is 9.59 Å². The summed E-state index contributed by atoms with van der Waals surface area (Å²) >= 11 is 0. The fourth-order valence-electron chi connectivity index (χ4n) is 2.18. The number of nitrogens with one attached hydrogen (secondary N) is 1. The molecule has 0 fully saturated rings. The Bertz CT molecular complexity index is 496. The number of ether oxygens (including phenoxy) is 1. The van der Waals surface area contributed by atoms with E-state index in [0.29, 0.717) is 18.8 Å². The van der Waals surface area contributed by atoms with Gasteiger partial charge in [0.1, 0.15) is 18.4 Å². The van der Waals surface area contributed by atoms with E-state index in [1.54, 1.807) is 18.2 Å². The lowest BCUT2D eigenvalue weighted by atomic mass is 9.89. The number of carbonyl (C=O) groups excluding carboxylic acids is 1. The van der Waals surface area contributed by atoms with Crippen molar-refractivity contribution in [2.45, 2.75) is 32.2 Å². The van der Waals surface area contributed by atoms with E-state index < -0.39 is 12.0 Å². The zero-order valence-corrected chi connectivity index (χ0v) is 12.3. The molecule has 114 valence electrons. The van der Waals surface area contributed by atoms with Crippen LogP contribution < -0.4 is 10.1 Å². The summed E-state index contributed by atoms with van der Waals surface area (Å²) < 4.78 is 5.39. The molecule has 0 aliphatic rings. The van der Waals surface area contributed by atoms with Gasteiger partial charge in [0.2, 0.25) is 5.91 Å². The molecule has 5 nitrogen and oxygen atoms in total. The first kappa shape index (κ1) is 16.8. The van der Waals surface area contributed by atoms with Crippen LogP contribution in [-0.4, -0.2) is 29.6 Å². The van der Waals surface area contributed by atoms with Gasteiger partial charge in [-0.1, -0.05) is 31.7 Å². The summed E-state index contributed by atoms with van der Waals surface area (Å²) in [6.45, 7) is 7.20. The summed E-state index contributed by atoms with van der Waals surface area (Å²) in [7, 11) is 0.